The SMILES string of the molecule is CCOC(=O)C(=O)C1=CCC(SCCOC)C=C1. The highest BCUT2D eigenvalue weighted by atomic mass is 32.2. The highest BCUT2D eigenvalue weighted by molar-refractivity contribution is 8.00. The summed E-state index contributed by atoms with van der Waals surface area (Å²) in [5.74, 6) is -0.423. The van der Waals surface area contributed by atoms with Gasteiger partial charge in [0.05, 0.1) is 13.2 Å². The van der Waals surface area contributed by atoms with E-state index in [1.54, 1.807) is 37.9 Å². The zero-order valence-electron chi connectivity index (χ0n) is 10.7. The fraction of sp³-hybridized carbons (Fsp3) is 0.538. The number of Topliss-reactive ketones (excluding diaryl/α,β-unsaturated/α-hetero) is 1. The second kappa shape index (κ2) is 8.11. The number of rotatable bonds is 7. The lowest BCUT2D eigenvalue weighted by molar-refractivity contribution is -0.151. The zero-order chi connectivity index (χ0) is 13.4. The van der Waals surface area contributed by atoms with Gasteiger partial charge in [-0.25, -0.2) is 4.79 Å². The lowest BCUT2D eigenvalue weighted by atomic mass is 10.0. The van der Waals surface area contributed by atoms with Gasteiger partial charge in [0.1, 0.15) is 0 Å². The Morgan fingerprint density at radius 2 is 2.28 bits per heavy atom. The van der Waals surface area contributed by atoms with Crippen LogP contribution < -0.4 is 0 Å². The molecule has 1 unspecified atom stereocenters. The molecule has 4 nitrogen and oxygen atoms in total. The van der Waals surface area contributed by atoms with Crippen LogP contribution in [0.3, 0.4) is 0 Å². The van der Waals surface area contributed by atoms with Gasteiger partial charge in [-0.3, -0.25) is 4.79 Å². The van der Waals surface area contributed by atoms with Crippen molar-refractivity contribution in [1.82, 2.24) is 0 Å². The van der Waals surface area contributed by atoms with E-state index in [1.165, 1.54) is 0 Å². The van der Waals surface area contributed by atoms with Crippen molar-refractivity contribution in [1.29, 1.82) is 0 Å². The van der Waals surface area contributed by atoms with Crippen molar-refractivity contribution in [3.8, 4) is 0 Å². The Balaban J connectivity index is 2.42. The van der Waals surface area contributed by atoms with Crippen molar-refractivity contribution < 1.29 is 19.1 Å². The van der Waals surface area contributed by atoms with Crippen molar-refractivity contribution in [3.63, 3.8) is 0 Å². The van der Waals surface area contributed by atoms with E-state index < -0.39 is 11.8 Å². The van der Waals surface area contributed by atoms with E-state index in [-0.39, 0.29) is 6.61 Å². The van der Waals surface area contributed by atoms with Crippen LogP contribution in [0.1, 0.15) is 13.3 Å². The molecule has 0 amide bonds. The number of thioether (sulfide) groups is 1. The van der Waals surface area contributed by atoms with E-state index in [0.29, 0.717) is 17.4 Å². The Hall–Kier alpha value is -1.07. The largest absolute Gasteiger partial charge is 0.460 e. The molecule has 1 aliphatic carbocycles. The van der Waals surface area contributed by atoms with Gasteiger partial charge in [0.15, 0.2) is 0 Å². The first-order valence-corrected chi connectivity index (χ1v) is 6.94. The monoisotopic (exact) mass is 270 g/mol. The molecule has 1 rings (SSSR count). The van der Waals surface area contributed by atoms with Crippen molar-refractivity contribution >= 4 is 23.5 Å². The molecule has 1 atom stereocenters. The van der Waals surface area contributed by atoms with Gasteiger partial charge in [0.2, 0.25) is 0 Å². The van der Waals surface area contributed by atoms with Crippen molar-refractivity contribution in [2.45, 2.75) is 18.6 Å². The molecular formula is C13H18O4S. The molecule has 0 spiro atoms. The maximum absolute atomic E-state index is 11.6. The van der Waals surface area contributed by atoms with Gasteiger partial charge in [-0.05, 0) is 13.3 Å². The second-order valence-electron chi connectivity index (χ2n) is 3.71. The van der Waals surface area contributed by atoms with Crippen LogP contribution in [0.4, 0.5) is 0 Å². The van der Waals surface area contributed by atoms with Crippen LogP contribution in [0.2, 0.25) is 0 Å². The summed E-state index contributed by atoms with van der Waals surface area (Å²) >= 11 is 1.77. The molecule has 0 aromatic carbocycles. The van der Waals surface area contributed by atoms with Gasteiger partial charge in [0, 0.05) is 23.7 Å². The first kappa shape index (κ1) is 15.0. The number of esters is 1. The van der Waals surface area contributed by atoms with Gasteiger partial charge in [-0.1, -0.05) is 18.2 Å². The fourth-order valence-corrected chi connectivity index (χ4v) is 2.48. The summed E-state index contributed by atoms with van der Waals surface area (Å²) in [7, 11) is 1.67. The molecule has 0 saturated heterocycles. The molecule has 0 saturated carbocycles. The van der Waals surface area contributed by atoms with Gasteiger partial charge >= 0.3 is 5.97 Å². The molecule has 0 heterocycles. The molecule has 0 N–H and O–H groups in total. The van der Waals surface area contributed by atoms with Gasteiger partial charge in [-0.15, -0.1) is 0 Å². The zero-order valence-corrected chi connectivity index (χ0v) is 11.5. The molecule has 0 aromatic rings. The number of methoxy groups -OCH3 is 1. The summed E-state index contributed by atoms with van der Waals surface area (Å²) in [5.41, 5.74) is 0.428. The Morgan fingerprint density at radius 1 is 1.50 bits per heavy atom. The Bertz CT molecular complexity index is 360. The van der Waals surface area contributed by atoms with Crippen LogP contribution in [0.25, 0.3) is 0 Å². The van der Waals surface area contributed by atoms with Crippen LogP contribution in [0.15, 0.2) is 23.8 Å². The lowest BCUT2D eigenvalue weighted by Gasteiger charge is -2.14. The number of ketones is 1. The maximum atomic E-state index is 11.6. The third-order valence-corrected chi connectivity index (χ3v) is 3.58. The summed E-state index contributed by atoms with van der Waals surface area (Å²) < 4.78 is 9.65. The molecule has 100 valence electrons. The van der Waals surface area contributed by atoms with Crippen LogP contribution in [-0.4, -0.2) is 43.1 Å². The predicted octanol–water partition coefficient (Wildman–Crippen LogP) is 1.75. The normalized spacial score (nSPS) is 18.3. The number of allylic oxidation sites excluding steroid dienone is 2. The number of carbonyl (C=O) groups is 2. The van der Waals surface area contributed by atoms with E-state index in [4.69, 9.17) is 4.74 Å². The van der Waals surface area contributed by atoms with E-state index >= 15 is 0 Å². The molecule has 18 heavy (non-hydrogen) atoms. The van der Waals surface area contributed by atoms with Crippen LogP contribution in [0.5, 0.6) is 0 Å². The third-order valence-electron chi connectivity index (χ3n) is 2.40. The lowest BCUT2D eigenvalue weighted by Crippen LogP contribution is -2.20. The number of carbonyl (C=O) groups excluding carboxylic acids is 2. The van der Waals surface area contributed by atoms with E-state index in [9.17, 15) is 9.59 Å². The summed E-state index contributed by atoms with van der Waals surface area (Å²) in [6, 6.07) is 0. The molecule has 1 aliphatic rings. The topological polar surface area (TPSA) is 52.6 Å². The van der Waals surface area contributed by atoms with Gasteiger partial charge in [0.25, 0.3) is 5.78 Å². The first-order valence-electron chi connectivity index (χ1n) is 5.89. The third kappa shape index (κ3) is 4.66. The summed E-state index contributed by atoms with van der Waals surface area (Å²) in [6.07, 6.45) is 6.20. The quantitative estimate of drug-likeness (QED) is 0.401. The van der Waals surface area contributed by atoms with Gasteiger partial charge in [-0.2, -0.15) is 11.8 Å². The minimum absolute atomic E-state index is 0.219. The van der Waals surface area contributed by atoms with Gasteiger partial charge < -0.3 is 9.47 Å². The standard InChI is InChI=1S/C13H18O4S/c1-3-17-13(15)12(14)10-4-6-11(7-5-10)18-9-8-16-2/h4-6,11H,3,7-9H2,1-2H3. The molecule has 0 radical (unpaired) electrons. The van der Waals surface area contributed by atoms with Crippen molar-refractivity contribution in [2.75, 3.05) is 26.1 Å². The average Bonchev–Trinajstić information content (AvgIpc) is 2.39. The molecular weight excluding hydrogens is 252 g/mol. The van der Waals surface area contributed by atoms with Crippen LogP contribution >= 0.6 is 11.8 Å². The summed E-state index contributed by atoms with van der Waals surface area (Å²) in [4.78, 5) is 22.9. The minimum atomic E-state index is -0.779. The molecule has 0 fully saturated rings. The summed E-state index contributed by atoms with van der Waals surface area (Å²) in [5, 5.41) is 0.346. The van der Waals surface area contributed by atoms with Crippen LogP contribution in [-0.2, 0) is 19.1 Å². The Labute approximate surface area is 111 Å². The molecule has 5 heteroatoms. The number of hydrogen-bond donors (Lipinski definition) is 0. The smallest absolute Gasteiger partial charge is 0.379 e. The fourth-order valence-electron chi connectivity index (χ4n) is 1.49. The molecule has 0 aromatic heterocycles. The van der Waals surface area contributed by atoms with Crippen molar-refractivity contribution in [3.05, 3.63) is 23.8 Å². The Morgan fingerprint density at radius 3 is 2.83 bits per heavy atom. The minimum Gasteiger partial charge on any atom is -0.460 e. The highest BCUT2D eigenvalue weighted by Gasteiger charge is 2.20. The second-order valence-corrected chi connectivity index (χ2v) is 5.05. The average molecular weight is 270 g/mol. The van der Waals surface area contributed by atoms with E-state index in [0.717, 1.165) is 12.2 Å². The Kier molecular flexibility index (Phi) is 6.75. The highest BCUT2D eigenvalue weighted by Crippen LogP contribution is 2.22. The van der Waals surface area contributed by atoms with Crippen molar-refractivity contribution in [2.24, 2.45) is 0 Å². The van der Waals surface area contributed by atoms with E-state index in [1.807, 2.05) is 6.08 Å². The predicted molar refractivity (Wildman–Crippen MR) is 71.6 cm³/mol. The first-order chi connectivity index (χ1) is 8.69. The molecule has 0 aliphatic heterocycles. The number of ether oxygens (including phenoxy) is 2. The maximum Gasteiger partial charge on any atom is 0.379 e. The summed E-state index contributed by atoms with van der Waals surface area (Å²) in [6.45, 7) is 2.61. The van der Waals surface area contributed by atoms with E-state index in [2.05, 4.69) is 4.74 Å². The number of hydrogen-bond acceptors (Lipinski definition) is 5. The molecule has 0 bridgehead atoms. The van der Waals surface area contributed by atoms with Crippen LogP contribution in [0, 0.1) is 0 Å².